The fourth-order valence-electron chi connectivity index (χ4n) is 2.58. The smallest absolute Gasteiger partial charge is 0.335 e. The summed E-state index contributed by atoms with van der Waals surface area (Å²) in [7, 11) is 0. The third kappa shape index (κ3) is 1.83. The van der Waals surface area contributed by atoms with Crippen molar-refractivity contribution < 1.29 is 9.90 Å². The zero-order valence-corrected chi connectivity index (χ0v) is 11.5. The quantitative estimate of drug-likeness (QED) is 0.615. The van der Waals surface area contributed by atoms with Gasteiger partial charge in [-0.15, -0.1) is 0 Å². The molecular weight excluding hydrogens is 278 g/mol. The molecule has 0 radical (unpaired) electrons. The largest absolute Gasteiger partial charge is 0.478 e. The Balaban J connectivity index is 2.10. The van der Waals surface area contributed by atoms with Gasteiger partial charge in [0, 0.05) is 18.0 Å². The van der Waals surface area contributed by atoms with Crippen molar-refractivity contribution in [1.82, 2.24) is 14.4 Å². The van der Waals surface area contributed by atoms with Crippen LogP contribution in [0.5, 0.6) is 0 Å². The molecule has 0 spiro atoms. The predicted octanol–water partition coefficient (Wildman–Crippen LogP) is 3.25. The predicted molar refractivity (Wildman–Crippen MR) is 82.9 cm³/mol. The Morgan fingerprint density at radius 1 is 1.09 bits per heavy atom. The molecule has 4 rings (SSSR count). The van der Waals surface area contributed by atoms with Gasteiger partial charge in [0.25, 0.3) is 0 Å². The molecule has 0 atom stereocenters. The van der Waals surface area contributed by atoms with E-state index >= 15 is 0 Å². The first-order valence-corrected chi connectivity index (χ1v) is 6.79. The second-order valence-electron chi connectivity index (χ2n) is 4.96. The Hall–Kier alpha value is -3.21. The summed E-state index contributed by atoms with van der Waals surface area (Å²) in [6.07, 6.45) is 3.57. The number of aromatic carboxylic acids is 1. The van der Waals surface area contributed by atoms with Crippen molar-refractivity contribution in [1.29, 1.82) is 0 Å². The first-order chi connectivity index (χ1) is 10.7. The Labute approximate surface area is 125 Å². The van der Waals surface area contributed by atoms with Gasteiger partial charge in [-0.25, -0.2) is 14.8 Å². The second-order valence-corrected chi connectivity index (χ2v) is 4.96. The zero-order valence-electron chi connectivity index (χ0n) is 11.5. The number of carboxylic acids is 1. The van der Waals surface area contributed by atoms with E-state index in [1.165, 1.54) is 0 Å². The van der Waals surface area contributed by atoms with E-state index in [-0.39, 0.29) is 5.56 Å². The number of benzene rings is 2. The molecule has 0 aliphatic carbocycles. The van der Waals surface area contributed by atoms with E-state index in [0.29, 0.717) is 5.52 Å². The minimum absolute atomic E-state index is 0.221. The van der Waals surface area contributed by atoms with Gasteiger partial charge in [-0.2, -0.15) is 0 Å². The standard InChI is InChI=1S/C17H11N3O2/c21-17(22)12-6-7-14-13(10-12)19-15(11-4-2-1-3-5-11)16-18-8-9-20(14)16/h1-10H,(H,21,22). The van der Waals surface area contributed by atoms with Crippen LogP contribution in [0.4, 0.5) is 0 Å². The summed E-state index contributed by atoms with van der Waals surface area (Å²) in [5.74, 6) is -0.962. The molecular formula is C17H11N3O2. The van der Waals surface area contributed by atoms with E-state index in [1.54, 1.807) is 24.4 Å². The van der Waals surface area contributed by atoms with Crippen LogP contribution in [-0.2, 0) is 0 Å². The summed E-state index contributed by atoms with van der Waals surface area (Å²) < 4.78 is 1.93. The minimum atomic E-state index is -0.962. The highest BCUT2D eigenvalue weighted by Crippen LogP contribution is 2.26. The van der Waals surface area contributed by atoms with Gasteiger partial charge < -0.3 is 5.11 Å². The SMILES string of the molecule is O=C(O)c1ccc2c(c1)nc(-c1ccccc1)c1nccn12. The van der Waals surface area contributed by atoms with Crippen LogP contribution < -0.4 is 0 Å². The number of fused-ring (bicyclic) bond motifs is 3. The maximum atomic E-state index is 11.2. The van der Waals surface area contributed by atoms with Crippen molar-refractivity contribution in [2.75, 3.05) is 0 Å². The molecule has 1 N–H and O–H groups in total. The normalized spacial score (nSPS) is 11.1. The van der Waals surface area contributed by atoms with E-state index in [9.17, 15) is 4.79 Å². The summed E-state index contributed by atoms with van der Waals surface area (Å²) in [6, 6.07) is 14.7. The fraction of sp³-hybridized carbons (Fsp3) is 0. The Morgan fingerprint density at radius 2 is 1.91 bits per heavy atom. The number of rotatable bonds is 2. The van der Waals surface area contributed by atoms with Crippen LogP contribution in [-0.4, -0.2) is 25.4 Å². The molecule has 0 aliphatic heterocycles. The van der Waals surface area contributed by atoms with Crippen molar-refractivity contribution in [2.24, 2.45) is 0 Å². The van der Waals surface area contributed by atoms with E-state index in [1.807, 2.05) is 40.9 Å². The molecule has 2 heterocycles. The number of imidazole rings is 1. The fourth-order valence-corrected chi connectivity index (χ4v) is 2.58. The Bertz CT molecular complexity index is 1010. The van der Waals surface area contributed by atoms with Crippen molar-refractivity contribution >= 4 is 22.6 Å². The number of nitrogens with zero attached hydrogens (tertiary/aromatic N) is 3. The number of aromatic nitrogens is 3. The summed E-state index contributed by atoms with van der Waals surface area (Å²) in [5.41, 5.74) is 4.11. The summed E-state index contributed by atoms with van der Waals surface area (Å²) in [5, 5.41) is 9.16. The molecule has 2 aromatic carbocycles. The van der Waals surface area contributed by atoms with E-state index in [2.05, 4.69) is 9.97 Å². The van der Waals surface area contributed by atoms with Gasteiger partial charge in [0.1, 0.15) is 5.69 Å². The van der Waals surface area contributed by atoms with Crippen LogP contribution in [0, 0.1) is 0 Å². The zero-order chi connectivity index (χ0) is 15.1. The number of carbonyl (C=O) groups is 1. The molecule has 5 heteroatoms. The van der Waals surface area contributed by atoms with Crippen LogP contribution >= 0.6 is 0 Å². The number of hydrogen-bond acceptors (Lipinski definition) is 3. The second kappa shape index (κ2) is 4.66. The third-order valence-corrected chi connectivity index (χ3v) is 3.61. The molecule has 4 aromatic rings. The number of hydrogen-bond donors (Lipinski definition) is 1. The van der Waals surface area contributed by atoms with Gasteiger partial charge >= 0.3 is 5.97 Å². The van der Waals surface area contributed by atoms with Crippen molar-refractivity contribution in [3.8, 4) is 11.3 Å². The van der Waals surface area contributed by atoms with E-state index in [4.69, 9.17) is 5.11 Å². The first kappa shape index (κ1) is 12.5. The molecule has 0 saturated heterocycles. The summed E-state index contributed by atoms with van der Waals surface area (Å²) >= 11 is 0. The Kier molecular flexibility index (Phi) is 2.66. The molecule has 0 amide bonds. The van der Waals surface area contributed by atoms with E-state index in [0.717, 1.165) is 22.4 Å². The minimum Gasteiger partial charge on any atom is -0.478 e. The highest BCUT2D eigenvalue weighted by molar-refractivity contribution is 5.94. The molecule has 22 heavy (non-hydrogen) atoms. The van der Waals surface area contributed by atoms with Crippen LogP contribution in [0.1, 0.15) is 10.4 Å². The lowest BCUT2D eigenvalue weighted by atomic mass is 10.1. The van der Waals surface area contributed by atoms with E-state index < -0.39 is 5.97 Å². The third-order valence-electron chi connectivity index (χ3n) is 3.61. The van der Waals surface area contributed by atoms with Gasteiger partial charge in [-0.1, -0.05) is 30.3 Å². The highest BCUT2D eigenvalue weighted by atomic mass is 16.4. The van der Waals surface area contributed by atoms with Gasteiger partial charge in [0.05, 0.1) is 16.6 Å². The van der Waals surface area contributed by atoms with Gasteiger partial charge in [-0.05, 0) is 18.2 Å². The van der Waals surface area contributed by atoms with Gasteiger partial charge in [0.2, 0.25) is 0 Å². The topological polar surface area (TPSA) is 67.5 Å². The molecule has 2 aromatic heterocycles. The van der Waals surface area contributed by atoms with Crippen LogP contribution in [0.3, 0.4) is 0 Å². The molecule has 5 nitrogen and oxygen atoms in total. The van der Waals surface area contributed by atoms with Crippen molar-refractivity contribution in [2.45, 2.75) is 0 Å². The average Bonchev–Trinajstić information content (AvgIpc) is 3.04. The molecule has 0 bridgehead atoms. The highest BCUT2D eigenvalue weighted by Gasteiger charge is 2.12. The van der Waals surface area contributed by atoms with Crippen LogP contribution in [0.25, 0.3) is 27.9 Å². The average molecular weight is 289 g/mol. The maximum Gasteiger partial charge on any atom is 0.335 e. The van der Waals surface area contributed by atoms with Crippen molar-refractivity contribution in [3.05, 3.63) is 66.5 Å². The lowest BCUT2D eigenvalue weighted by Gasteiger charge is -2.08. The molecule has 0 aliphatic rings. The number of carboxylic acid groups (broad SMARTS) is 1. The lowest BCUT2D eigenvalue weighted by molar-refractivity contribution is 0.0697. The molecule has 106 valence electrons. The van der Waals surface area contributed by atoms with Crippen molar-refractivity contribution in [3.63, 3.8) is 0 Å². The monoisotopic (exact) mass is 289 g/mol. The Morgan fingerprint density at radius 3 is 2.68 bits per heavy atom. The first-order valence-electron chi connectivity index (χ1n) is 6.79. The molecule has 0 unspecified atom stereocenters. The van der Waals surface area contributed by atoms with Crippen LogP contribution in [0.2, 0.25) is 0 Å². The van der Waals surface area contributed by atoms with Gasteiger partial charge in [-0.3, -0.25) is 4.40 Å². The lowest BCUT2D eigenvalue weighted by Crippen LogP contribution is -2.00. The van der Waals surface area contributed by atoms with Crippen LogP contribution in [0.15, 0.2) is 60.9 Å². The summed E-state index contributed by atoms with van der Waals surface area (Å²) in [6.45, 7) is 0. The summed E-state index contributed by atoms with van der Waals surface area (Å²) in [4.78, 5) is 20.2. The maximum absolute atomic E-state index is 11.2. The molecule has 0 fully saturated rings. The van der Waals surface area contributed by atoms with Gasteiger partial charge in [0.15, 0.2) is 5.65 Å². The molecule has 0 saturated carbocycles.